The SMILES string of the molecule is CN(C)c1ccc(C(=O)c2cnn3c(-c4cccc(C(F)(F)F)c4)ccnc23)cc1. The van der Waals surface area contributed by atoms with E-state index in [0.29, 0.717) is 16.8 Å². The molecule has 2 aromatic carbocycles. The molecular formula is C22H17F3N4O. The minimum absolute atomic E-state index is 0.260. The van der Waals surface area contributed by atoms with E-state index < -0.39 is 11.7 Å². The molecule has 0 fully saturated rings. The van der Waals surface area contributed by atoms with Crippen LogP contribution in [0.3, 0.4) is 0 Å². The maximum atomic E-state index is 13.1. The predicted octanol–water partition coefficient (Wildman–Crippen LogP) is 4.71. The molecule has 0 bridgehead atoms. The van der Waals surface area contributed by atoms with E-state index in [1.807, 2.05) is 31.1 Å². The Bertz CT molecular complexity index is 1230. The standard InChI is InChI=1S/C22H17F3N4O/c1-28(2)17-8-6-14(7-9-17)20(30)18-13-27-29-19(10-11-26-21(18)29)15-4-3-5-16(12-15)22(23,24)25/h3-13H,1-2H3. The van der Waals surface area contributed by atoms with Crippen molar-refractivity contribution in [2.24, 2.45) is 0 Å². The summed E-state index contributed by atoms with van der Waals surface area (Å²) in [6, 6.07) is 13.6. The van der Waals surface area contributed by atoms with E-state index in [4.69, 9.17) is 0 Å². The lowest BCUT2D eigenvalue weighted by molar-refractivity contribution is -0.137. The van der Waals surface area contributed by atoms with Gasteiger partial charge in [0.1, 0.15) is 0 Å². The van der Waals surface area contributed by atoms with Crippen LogP contribution in [0.2, 0.25) is 0 Å². The van der Waals surface area contributed by atoms with Crippen molar-refractivity contribution in [2.75, 3.05) is 19.0 Å². The molecule has 4 rings (SSSR count). The highest BCUT2D eigenvalue weighted by Crippen LogP contribution is 2.32. The van der Waals surface area contributed by atoms with E-state index in [9.17, 15) is 18.0 Å². The first kappa shape index (κ1) is 19.6. The number of hydrogen-bond donors (Lipinski definition) is 0. The van der Waals surface area contributed by atoms with E-state index in [1.54, 1.807) is 24.3 Å². The molecule has 2 aromatic heterocycles. The van der Waals surface area contributed by atoms with Crippen LogP contribution in [-0.4, -0.2) is 34.5 Å². The second-order valence-corrected chi connectivity index (χ2v) is 6.97. The summed E-state index contributed by atoms with van der Waals surface area (Å²) < 4.78 is 40.7. The number of carbonyl (C=O) groups is 1. The highest BCUT2D eigenvalue weighted by atomic mass is 19.4. The number of ketones is 1. The van der Waals surface area contributed by atoms with Gasteiger partial charge in [0.15, 0.2) is 11.4 Å². The fourth-order valence-electron chi connectivity index (χ4n) is 3.19. The first-order valence-corrected chi connectivity index (χ1v) is 9.08. The molecule has 30 heavy (non-hydrogen) atoms. The summed E-state index contributed by atoms with van der Waals surface area (Å²) >= 11 is 0. The normalized spacial score (nSPS) is 11.6. The fraction of sp³-hybridized carbons (Fsp3) is 0.136. The Labute approximate surface area is 170 Å². The van der Waals surface area contributed by atoms with Crippen molar-refractivity contribution < 1.29 is 18.0 Å². The Hall–Kier alpha value is -3.68. The lowest BCUT2D eigenvalue weighted by atomic mass is 10.0. The third-order valence-corrected chi connectivity index (χ3v) is 4.78. The molecule has 0 spiro atoms. The Kier molecular flexibility index (Phi) is 4.77. The number of benzene rings is 2. The summed E-state index contributed by atoms with van der Waals surface area (Å²) in [5, 5.41) is 4.22. The minimum atomic E-state index is -4.45. The number of aromatic nitrogens is 3. The Morgan fingerprint density at radius 2 is 1.77 bits per heavy atom. The molecule has 152 valence electrons. The van der Waals surface area contributed by atoms with Gasteiger partial charge in [-0.1, -0.05) is 12.1 Å². The first-order chi connectivity index (χ1) is 14.3. The first-order valence-electron chi connectivity index (χ1n) is 9.08. The summed E-state index contributed by atoms with van der Waals surface area (Å²) in [7, 11) is 3.81. The summed E-state index contributed by atoms with van der Waals surface area (Å²) in [4.78, 5) is 19.1. The van der Waals surface area contributed by atoms with Crippen LogP contribution in [0.25, 0.3) is 16.9 Å². The lowest BCUT2D eigenvalue weighted by Crippen LogP contribution is -2.09. The van der Waals surface area contributed by atoms with E-state index in [1.165, 1.54) is 23.0 Å². The molecule has 0 unspecified atom stereocenters. The van der Waals surface area contributed by atoms with Crippen LogP contribution in [0.5, 0.6) is 0 Å². The molecule has 0 aliphatic rings. The molecule has 0 N–H and O–H groups in total. The largest absolute Gasteiger partial charge is 0.416 e. The van der Waals surface area contributed by atoms with Gasteiger partial charge in [0, 0.05) is 37.1 Å². The minimum Gasteiger partial charge on any atom is -0.378 e. The zero-order valence-corrected chi connectivity index (χ0v) is 16.2. The van der Waals surface area contributed by atoms with Crippen molar-refractivity contribution in [1.29, 1.82) is 0 Å². The molecule has 0 saturated heterocycles. The quantitative estimate of drug-likeness (QED) is 0.457. The molecule has 0 aliphatic carbocycles. The van der Waals surface area contributed by atoms with Crippen molar-refractivity contribution in [3.8, 4) is 11.3 Å². The number of halogens is 3. The van der Waals surface area contributed by atoms with E-state index in [-0.39, 0.29) is 17.0 Å². The number of alkyl halides is 3. The third kappa shape index (κ3) is 3.52. The summed E-state index contributed by atoms with van der Waals surface area (Å²) in [5.41, 5.74) is 1.98. The van der Waals surface area contributed by atoms with Gasteiger partial charge in [-0.15, -0.1) is 0 Å². The van der Waals surface area contributed by atoms with E-state index >= 15 is 0 Å². The molecule has 5 nitrogen and oxygen atoms in total. The predicted molar refractivity (Wildman–Crippen MR) is 108 cm³/mol. The van der Waals surface area contributed by atoms with E-state index in [0.717, 1.165) is 17.8 Å². The third-order valence-electron chi connectivity index (χ3n) is 4.78. The van der Waals surface area contributed by atoms with Crippen molar-refractivity contribution >= 4 is 17.1 Å². The van der Waals surface area contributed by atoms with Crippen molar-refractivity contribution in [2.45, 2.75) is 6.18 Å². The van der Waals surface area contributed by atoms with Crippen molar-refractivity contribution in [1.82, 2.24) is 14.6 Å². The van der Waals surface area contributed by atoms with Crippen LogP contribution in [0.4, 0.5) is 18.9 Å². The van der Waals surface area contributed by atoms with Gasteiger partial charge in [-0.2, -0.15) is 18.3 Å². The number of nitrogens with zero attached hydrogens (tertiary/aromatic N) is 4. The van der Waals surface area contributed by atoms with Crippen molar-refractivity contribution in [3.63, 3.8) is 0 Å². The number of fused-ring (bicyclic) bond motifs is 1. The number of rotatable bonds is 4. The van der Waals surface area contributed by atoms with Gasteiger partial charge < -0.3 is 4.90 Å². The average molecular weight is 410 g/mol. The van der Waals surface area contributed by atoms with Gasteiger partial charge in [0.05, 0.1) is 23.0 Å². The molecule has 2 heterocycles. The summed E-state index contributed by atoms with van der Waals surface area (Å²) in [6.07, 6.45) is -1.60. The molecule has 4 aromatic rings. The van der Waals surface area contributed by atoms with Crippen LogP contribution in [-0.2, 0) is 6.18 Å². The van der Waals surface area contributed by atoms with Crippen LogP contribution in [0, 0.1) is 0 Å². The molecule has 0 saturated carbocycles. The average Bonchev–Trinajstić information content (AvgIpc) is 3.17. The van der Waals surface area contributed by atoms with E-state index in [2.05, 4.69) is 10.1 Å². The highest BCUT2D eigenvalue weighted by Gasteiger charge is 2.30. The zero-order valence-electron chi connectivity index (χ0n) is 16.2. The van der Waals surface area contributed by atoms with Gasteiger partial charge >= 0.3 is 6.18 Å². The van der Waals surface area contributed by atoms with Crippen molar-refractivity contribution in [3.05, 3.63) is 83.7 Å². The van der Waals surface area contributed by atoms with Crippen LogP contribution in [0.1, 0.15) is 21.5 Å². The molecule has 0 radical (unpaired) electrons. The Morgan fingerprint density at radius 1 is 1.03 bits per heavy atom. The van der Waals surface area contributed by atoms with Gasteiger partial charge in [0.25, 0.3) is 0 Å². The van der Waals surface area contributed by atoms with Crippen LogP contribution < -0.4 is 4.90 Å². The second-order valence-electron chi connectivity index (χ2n) is 6.97. The number of carbonyl (C=O) groups excluding carboxylic acids is 1. The monoisotopic (exact) mass is 410 g/mol. The maximum Gasteiger partial charge on any atom is 0.416 e. The highest BCUT2D eigenvalue weighted by molar-refractivity contribution is 6.12. The van der Waals surface area contributed by atoms with Gasteiger partial charge in [-0.05, 0) is 42.5 Å². The smallest absolute Gasteiger partial charge is 0.378 e. The molecule has 8 heteroatoms. The molecule has 0 aliphatic heterocycles. The van der Waals surface area contributed by atoms with Gasteiger partial charge in [-0.25, -0.2) is 9.50 Å². The Morgan fingerprint density at radius 3 is 2.43 bits per heavy atom. The lowest BCUT2D eigenvalue weighted by Gasteiger charge is -2.12. The van der Waals surface area contributed by atoms with Gasteiger partial charge in [-0.3, -0.25) is 4.79 Å². The number of hydrogen-bond acceptors (Lipinski definition) is 4. The topological polar surface area (TPSA) is 50.5 Å². The summed E-state index contributed by atoms with van der Waals surface area (Å²) in [5.74, 6) is -0.260. The molecule has 0 amide bonds. The second kappa shape index (κ2) is 7.29. The number of anilines is 1. The molecule has 0 atom stereocenters. The maximum absolute atomic E-state index is 13.1. The van der Waals surface area contributed by atoms with Gasteiger partial charge in [0.2, 0.25) is 0 Å². The van der Waals surface area contributed by atoms with Crippen LogP contribution >= 0.6 is 0 Å². The van der Waals surface area contributed by atoms with Crippen LogP contribution in [0.15, 0.2) is 67.0 Å². The zero-order chi connectivity index (χ0) is 21.5. The fourth-order valence-corrected chi connectivity index (χ4v) is 3.19. The molecular weight excluding hydrogens is 393 g/mol. The summed E-state index contributed by atoms with van der Waals surface area (Å²) in [6.45, 7) is 0. The Balaban J connectivity index is 1.76.